The van der Waals surface area contributed by atoms with E-state index < -0.39 is 0 Å². The molecule has 1 aromatic carbocycles. The molecule has 146 valence electrons. The van der Waals surface area contributed by atoms with Crippen LogP contribution in [-0.2, 0) is 6.54 Å². The van der Waals surface area contributed by atoms with E-state index in [1.54, 1.807) is 19.5 Å². The van der Waals surface area contributed by atoms with Gasteiger partial charge in [-0.05, 0) is 25.0 Å². The van der Waals surface area contributed by atoms with Crippen LogP contribution in [0.4, 0.5) is 0 Å². The second kappa shape index (κ2) is 7.55. The Labute approximate surface area is 163 Å². The first-order valence-electron chi connectivity index (χ1n) is 9.44. The molecule has 0 aliphatic carbocycles. The van der Waals surface area contributed by atoms with Crippen LogP contribution in [0.3, 0.4) is 0 Å². The highest BCUT2D eigenvalue weighted by atomic mass is 16.5. The maximum atomic E-state index is 13.1. The minimum absolute atomic E-state index is 0.0140. The lowest BCUT2D eigenvalue weighted by Gasteiger charge is -2.18. The molecule has 3 heterocycles. The van der Waals surface area contributed by atoms with Gasteiger partial charge in [0.25, 0.3) is 5.91 Å². The number of hydrogen-bond donors (Lipinski definition) is 1. The third kappa shape index (κ3) is 3.09. The largest absolute Gasteiger partial charge is 0.496 e. The maximum Gasteiger partial charge on any atom is 0.257 e. The van der Waals surface area contributed by atoms with Crippen molar-refractivity contribution in [3.05, 3.63) is 47.4 Å². The number of carbonyl (C=O) groups excluding carboxylic acids is 1. The number of carbonyl (C=O) groups is 1. The summed E-state index contributed by atoms with van der Waals surface area (Å²) in [7, 11) is 1.60. The standard InChI is InChI=1S/C20H24N6O2/c1-13-4-3-5-15(18(13)28-2)20(27)25-10-6-14(12-25)16-17-19(23-9-8-22-17)26(24-16)11-7-21/h3-5,8-9,14H,6-7,10-12,21H2,1-2H3. The lowest BCUT2D eigenvalue weighted by Crippen LogP contribution is -2.29. The van der Waals surface area contributed by atoms with Crippen LogP contribution in [0.15, 0.2) is 30.6 Å². The lowest BCUT2D eigenvalue weighted by molar-refractivity contribution is 0.0787. The van der Waals surface area contributed by atoms with E-state index >= 15 is 0 Å². The number of methoxy groups -OCH3 is 1. The highest BCUT2D eigenvalue weighted by Gasteiger charge is 2.32. The molecule has 8 heteroatoms. The summed E-state index contributed by atoms with van der Waals surface area (Å²) >= 11 is 0. The average Bonchev–Trinajstić information content (AvgIpc) is 3.33. The molecule has 1 aliphatic heterocycles. The highest BCUT2D eigenvalue weighted by Crippen LogP contribution is 2.32. The molecule has 1 saturated heterocycles. The Morgan fingerprint density at radius 2 is 2.14 bits per heavy atom. The van der Waals surface area contributed by atoms with Crippen LogP contribution in [0.1, 0.15) is 34.0 Å². The fourth-order valence-corrected chi connectivity index (χ4v) is 3.91. The number of hydrogen-bond acceptors (Lipinski definition) is 6. The molecule has 1 atom stereocenters. The molecule has 28 heavy (non-hydrogen) atoms. The minimum Gasteiger partial charge on any atom is -0.496 e. The predicted molar refractivity (Wildman–Crippen MR) is 105 cm³/mol. The molecular formula is C20H24N6O2. The Morgan fingerprint density at radius 3 is 2.93 bits per heavy atom. The SMILES string of the molecule is COc1c(C)cccc1C(=O)N1CCC(c2nn(CCN)c3nccnc23)C1. The van der Waals surface area contributed by atoms with Crippen LogP contribution in [0, 0.1) is 6.92 Å². The first kappa shape index (κ1) is 18.4. The molecular weight excluding hydrogens is 356 g/mol. The van der Waals surface area contributed by atoms with Crippen LogP contribution >= 0.6 is 0 Å². The molecule has 0 spiro atoms. The van der Waals surface area contributed by atoms with Crippen molar-refractivity contribution in [3.63, 3.8) is 0 Å². The number of amides is 1. The number of fused-ring (bicyclic) bond motifs is 1. The topological polar surface area (TPSA) is 99.2 Å². The minimum atomic E-state index is -0.0140. The van der Waals surface area contributed by atoms with E-state index in [1.807, 2.05) is 34.7 Å². The van der Waals surface area contributed by atoms with Crippen molar-refractivity contribution in [2.24, 2.45) is 5.73 Å². The highest BCUT2D eigenvalue weighted by molar-refractivity contribution is 5.97. The lowest BCUT2D eigenvalue weighted by atomic mass is 10.0. The quantitative estimate of drug-likeness (QED) is 0.724. The molecule has 1 unspecified atom stereocenters. The molecule has 1 fully saturated rings. The van der Waals surface area contributed by atoms with Gasteiger partial charge in [0.15, 0.2) is 5.65 Å². The predicted octanol–water partition coefficient (Wildman–Crippen LogP) is 1.73. The summed E-state index contributed by atoms with van der Waals surface area (Å²) in [6.07, 6.45) is 4.18. The van der Waals surface area contributed by atoms with Crippen molar-refractivity contribution < 1.29 is 9.53 Å². The number of benzene rings is 1. The zero-order chi connectivity index (χ0) is 19.7. The summed E-state index contributed by atoms with van der Waals surface area (Å²) in [5, 5.41) is 4.72. The summed E-state index contributed by atoms with van der Waals surface area (Å²) in [6.45, 7) is 4.28. The number of likely N-dealkylation sites (tertiary alicyclic amines) is 1. The Bertz CT molecular complexity index is 1020. The molecule has 1 aliphatic rings. The summed E-state index contributed by atoms with van der Waals surface area (Å²) in [4.78, 5) is 23.9. The molecule has 2 aromatic heterocycles. The summed E-state index contributed by atoms with van der Waals surface area (Å²) in [5.74, 6) is 0.747. The number of aryl methyl sites for hydroxylation is 1. The number of nitrogens with two attached hydrogens (primary N) is 1. The van der Waals surface area contributed by atoms with Gasteiger partial charge in [-0.1, -0.05) is 12.1 Å². The number of rotatable bonds is 5. The van der Waals surface area contributed by atoms with Gasteiger partial charge >= 0.3 is 0 Å². The Kier molecular flexibility index (Phi) is 4.95. The van der Waals surface area contributed by atoms with Crippen LogP contribution in [0.5, 0.6) is 5.75 Å². The van der Waals surface area contributed by atoms with Gasteiger partial charge in [-0.15, -0.1) is 0 Å². The van der Waals surface area contributed by atoms with Gasteiger partial charge in [0, 0.05) is 37.9 Å². The fourth-order valence-electron chi connectivity index (χ4n) is 3.91. The smallest absolute Gasteiger partial charge is 0.257 e. The number of para-hydroxylation sites is 1. The molecule has 0 radical (unpaired) electrons. The summed E-state index contributed by atoms with van der Waals surface area (Å²) in [6, 6.07) is 5.64. The second-order valence-corrected chi connectivity index (χ2v) is 7.02. The molecule has 3 aromatic rings. The summed E-state index contributed by atoms with van der Waals surface area (Å²) < 4.78 is 7.27. The van der Waals surface area contributed by atoms with E-state index in [-0.39, 0.29) is 11.8 Å². The Hall–Kier alpha value is -3.00. The Balaban J connectivity index is 1.61. The van der Waals surface area contributed by atoms with E-state index in [9.17, 15) is 4.79 Å². The summed E-state index contributed by atoms with van der Waals surface area (Å²) in [5.41, 5.74) is 9.68. The van der Waals surface area contributed by atoms with Crippen molar-refractivity contribution in [2.45, 2.75) is 25.8 Å². The molecule has 1 amide bonds. The zero-order valence-corrected chi connectivity index (χ0v) is 16.1. The van der Waals surface area contributed by atoms with E-state index in [1.165, 1.54) is 0 Å². The van der Waals surface area contributed by atoms with Crippen molar-refractivity contribution in [2.75, 3.05) is 26.7 Å². The van der Waals surface area contributed by atoms with E-state index in [2.05, 4.69) is 9.97 Å². The van der Waals surface area contributed by atoms with Gasteiger partial charge in [0.05, 0.1) is 24.9 Å². The van der Waals surface area contributed by atoms with Gasteiger partial charge in [0.1, 0.15) is 11.3 Å². The van der Waals surface area contributed by atoms with E-state index in [0.717, 1.165) is 28.8 Å². The maximum absolute atomic E-state index is 13.1. The fraction of sp³-hybridized carbons (Fsp3) is 0.400. The molecule has 0 saturated carbocycles. The van der Waals surface area contributed by atoms with Crippen molar-refractivity contribution in [1.29, 1.82) is 0 Å². The average molecular weight is 380 g/mol. The molecule has 8 nitrogen and oxygen atoms in total. The third-order valence-electron chi connectivity index (χ3n) is 5.24. The molecule has 4 rings (SSSR count). The van der Waals surface area contributed by atoms with Crippen LogP contribution < -0.4 is 10.5 Å². The van der Waals surface area contributed by atoms with Crippen molar-refractivity contribution in [3.8, 4) is 5.75 Å². The van der Waals surface area contributed by atoms with Gasteiger partial charge < -0.3 is 15.4 Å². The Morgan fingerprint density at radius 1 is 1.32 bits per heavy atom. The van der Waals surface area contributed by atoms with Gasteiger partial charge in [-0.25, -0.2) is 14.6 Å². The van der Waals surface area contributed by atoms with E-state index in [4.69, 9.17) is 15.6 Å². The van der Waals surface area contributed by atoms with Crippen LogP contribution in [0.2, 0.25) is 0 Å². The number of ether oxygens (including phenoxy) is 1. The third-order valence-corrected chi connectivity index (χ3v) is 5.24. The first-order chi connectivity index (χ1) is 13.6. The van der Waals surface area contributed by atoms with Gasteiger partial charge in [-0.3, -0.25) is 4.79 Å². The van der Waals surface area contributed by atoms with Crippen molar-refractivity contribution >= 4 is 17.1 Å². The van der Waals surface area contributed by atoms with Crippen LogP contribution in [0.25, 0.3) is 11.2 Å². The van der Waals surface area contributed by atoms with Crippen molar-refractivity contribution in [1.82, 2.24) is 24.6 Å². The first-order valence-corrected chi connectivity index (χ1v) is 9.44. The normalized spacial score (nSPS) is 16.7. The van der Waals surface area contributed by atoms with E-state index in [0.29, 0.717) is 37.5 Å². The number of nitrogens with zero attached hydrogens (tertiary/aromatic N) is 5. The molecule has 2 N–H and O–H groups in total. The van der Waals surface area contributed by atoms with Gasteiger partial charge in [-0.2, -0.15) is 5.10 Å². The molecule has 0 bridgehead atoms. The number of aromatic nitrogens is 4. The monoisotopic (exact) mass is 380 g/mol. The van der Waals surface area contributed by atoms with Crippen LogP contribution in [-0.4, -0.2) is 57.3 Å². The zero-order valence-electron chi connectivity index (χ0n) is 16.1. The van der Waals surface area contributed by atoms with Gasteiger partial charge in [0.2, 0.25) is 0 Å². The second-order valence-electron chi connectivity index (χ2n) is 7.02.